The minimum Gasteiger partial charge on any atom is -0.395 e. The van der Waals surface area contributed by atoms with Gasteiger partial charge in [0.25, 0.3) is 0 Å². The van der Waals surface area contributed by atoms with Gasteiger partial charge in [-0.3, -0.25) is 4.90 Å². The number of hydrogen-bond acceptors (Lipinski definition) is 4. The van der Waals surface area contributed by atoms with Gasteiger partial charge in [0.1, 0.15) is 5.82 Å². The van der Waals surface area contributed by atoms with Crippen molar-refractivity contribution in [2.24, 2.45) is 0 Å². The van der Waals surface area contributed by atoms with Gasteiger partial charge in [0.15, 0.2) is 0 Å². The molecule has 1 aromatic carbocycles. The molecule has 4 rings (SSSR count). The SMILES string of the molecule is Cc1cc(-c2ccc3[nH]c(CN4CCC[C@@H]4CO)cc3c2)nc(C(C)(C)C)n1. The lowest BCUT2D eigenvalue weighted by Gasteiger charge is -2.21. The number of fused-ring (bicyclic) bond motifs is 1. The van der Waals surface area contributed by atoms with Crippen LogP contribution in [0, 0.1) is 6.92 Å². The molecule has 5 nitrogen and oxygen atoms in total. The van der Waals surface area contributed by atoms with Gasteiger partial charge in [-0.2, -0.15) is 0 Å². The first-order valence-electron chi connectivity index (χ1n) is 10.2. The minimum absolute atomic E-state index is 0.0783. The fourth-order valence-corrected chi connectivity index (χ4v) is 4.02. The number of rotatable bonds is 4. The molecule has 0 bridgehead atoms. The number of H-pyrrole nitrogens is 1. The Morgan fingerprint density at radius 3 is 2.75 bits per heavy atom. The third kappa shape index (κ3) is 3.82. The topological polar surface area (TPSA) is 65.0 Å². The monoisotopic (exact) mass is 378 g/mol. The van der Waals surface area contributed by atoms with E-state index >= 15 is 0 Å². The Morgan fingerprint density at radius 2 is 2.00 bits per heavy atom. The Kier molecular flexibility index (Phi) is 4.98. The van der Waals surface area contributed by atoms with Crippen molar-refractivity contribution in [3.05, 3.63) is 47.5 Å². The van der Waals surface area contributed by atoms with Crippen LogP contribution < -0.4 is 0 Å². The van der Waals surface area contributed by atoms with Crippen molar-refractivity contribution in [1.29, 1.82) is 0 Å². The molecule has 0 saturated carbocycles. The molecule has 28 heavy (non-hydrogen) atoms. The van der Waals surface area contributed by atoms with E-state index in [0.717, 1.165) is 47.8 Å². The molecule has 2 N–H and O–H groups in total. The highest BCUT2D eigenvalue weighted by molar-refractivity contribution is 5.85. The zero-order chi connectivity index (χ0) is 19.9. The van der Waals surface area contributed by atoms with Crippen molar-refractivity contribution in [2.75, 3.05) is 13.2 Å². The van der Waals surface area contributed by atoms with Crippen molar-refractivity contribution in [3.63, 3.8) is 0 Å². The normalized spacial score (nSPS) is 18.2. The fourth-order valence-electron chi connectivity index (χ4n) is 4.02. The molecule has 0 spiro atoms. The molecule has 5 heteroatoms. The Morgan fingerprint density at radius 1 is 1.18 bits per heavy atom. The van der Waals surface area contributed by atoms with Gasteiger partial charge in [-0.25, -0.2) is 9.97 Å². The number of likely N-dealkylation sites (tertiary alicyclic amines) is 1. The molecule has 1 saturated heterocycles. The molecule has 1 atom stereocenters. The standard InChI is InChI=1S/C23H30N4O/c1-15-10-21(26-22(24-15)23(2,3)4)16-7-8-20-17(11-16)12-18(25-20)13-27-9-5-6-19(27)14-28/h7-8,10-12,19,25,28H,5-6,9,13-14H2,1-4H3/t19-/m1/s1. The number of aliphatic hydroxyl groups is 1. The van der Waals surface area contributed by atoms with Crippen LogP contribution in [0.5, 0.6) is 0 Å². The molecule has 2 aromatic heterocycles. The van der Waals surface area contributed by atoms with Gasteiger partial charge in [0, 0.05) is 45.9 Å². The second kappa shape index (κ2) is 7.30. The summed E-state index contributed by atoms with van der Waals surface area (Å²) in [5, 5.41) is 10.7. The van der Waals surface area contributed by atoms with Gasteiger partial charge in [-0.15, -0.1) is 0 Å². The Hall–Kier alpha value is -2.24. The van der Waals surface area contributed by atoms with Gasteiger partial charge in [-0.05, 0) is 50.6 Å². The molecule has 3 heterocycles. The van der Waals surface area contributed by atoms with Crippen molar-refractivity contribution < 1.29 is 5.11 Å². The van der Waals surface area contributed by atoms with Crippen molar-refractivity contribution in [3.8, 4) is 11.3 Å². The van der Waals surface area contributed by atoms with E-state index in [0.29, 0.717) is 6.04 Å². The highest BCUT2D eigenvalue weighted by Gasteiger charge is 2.24. The van der Waals surface area contributed by atoms with Crippen LogP contribution in [0.25, 0.3) is 22.2 Å². The van der Waals surface area contributed by atoms with E-state index in [1.54, 1.807) is 0 Å². The van der Waals surface area contributed by atoms with Crippen LogP contribution in [0.1, 0.15) is 50.8 Å². The van der Waals surface area contributed by atoms with Gasteiger partial charge < -0.3 is 10.1 Å². The summed E-state index contributed by atoms with van der Waals surface area (Å²) in [5.41, 5.74) is 5.34. The van der Waals surface area contributed by atoms with Crippen LogP contribution >= 0.6 is 0 Å². The quantitative estimate of drug-likeness (QED) is 0.714. The lowest BCUT2D eigenvalue weighted by atomic mass is 9.95. The smallest absolute Gasteiger partial charge is 0.134 e. The molecular formula is C23H30N4O. The molecule has 148 valence electrons. The lowest BCUT2D eigenvalue weighted by molar-refractivity contribution is 0.152. The summed E-state index contributed by atoms with van der Waals surface area (Å²) in [7, 11) is 0. The number of aliphatic hydroxyl groups excluding tert-OH is 1. The van der Waals surface area contributed by atoms with Gasteiger partial charge in [-0.1, -0.05) is 26.8 Å². The van der Waals surface area contributed by atoms with Crippen LogP contribution in [-0.2, 0) is 12.0 Å². The van der Waals surface area contributed by atoms with Crippen LogP contribution in [-0.4, -0.2) is 44.2 Å². The number of aromatic amines is 1. The van der Waals surface area contributed by atoms with Gasteiger partial charge in [0.05, 0.1) is 12.3 Å². The predicted molar refractivity (Wildman–Crippen MR) is 113 cm³/mol. The third-order valence-corrected chi connectivity index (χ3v) is 5.58. The summed E-state index contributed by atoms with van der Waals surface area (Å²) < 4.78 is 0. The van der Waals surface area contributed by atoms with E-state index in [9.17, 15) is 5.11 Å². The van der Waals surface area contributed by atoms with Crippen molar-refractivity contribution in [1.82, 2.24) is 19.9 Å². The molecule has 0 radical (unpaired) electrons. The second-order valence-corrected chi connectivity index (χ2v) is 9.01. The van der Waals surface area contributed by atoms with E-state index in [1.807, 2.05) is 6.92 Å². The zero-order valence-electron chi connectivity index (χ0n) is 17.3. The van der Waals surface area contributed by atoms with Gasteiger partial charge >= 0.3 is 0 Å². The number of aryl methyl sites for hydroxylation is 1. The van der Waals surface area contributed by atoms with Crippen LogP contribution in [0.3, 0.4) is 0 Å². The van der Waals surface area contributed by atoms with E-state index in [4.69, 9.17) is 4.98 Å². The zero-order valence-corrected chi connectivity index (χ0v) is 17.3. The highest BCUT2D eigenvalue weighted by Crippen LogP contribution is 2.28. The average Bonchev–Trinajstić information content (AvgIpc) is 3.25. The van der Waals surface area contributed by atoms with Gasteiger partial charge in [0.2, 0.25) is 0 Å². The number of benzene rings is 1. The van der Waals surface area contributed by atoms with Crippen LogP contribution in [0.4, 0.5) is 0 Å². The molecule has 1 aliphatic heterocycles. The van der Waals surface area contributed by atoms with Crippen molar-refractivity contribution in [2.45, 2.75) is 58.5 Å². The van der Waals surface area contributed by atoms with Crippen molar-refractivity contribution >= 4 is 10.9 Å². The van der Waals surface area contributed by atoms with E-state index in [-0.39, 0.29) is 12.0 Å². The highest BCUT2D eigenvalue weighted by atomic mass is 16.3. The molecule has 3 aromatic rings. The summed E-state index contributed by atoms with van der Waals surface area (Å²) in [6, 6.07) is 11.0. The molecule has 0 unspecified atom stereocenters. The van der Waals surface area contributed by atoms with E-state index in [2.05, 4.69) is 66.0 Å². The Labute approximate surface area is 166 Å². The molecule has 0 amide bonds. The predicted octanol–water partition coefficient (Wildman–Crippen LogP) is 4.19. The van der Waals surface area contributed by atoms with E-state index in [1.165, 1.54) is 17.5 Å². The van der Waals surface area contributed by atoms with E-state index < -0.39 is 0 Å². The summed E-state index contributed by atoms with van der Waals surface area (Å²) in [6.45, 7) is 10.6. The largest absolute Gasteiger partial charge is 0.395 e. The molecule has 1 aliphatic rings. The average molecular weight is 379 g/mol. The fraction of sp³-hybridized carbons (Fsp3) is 0.478. The summed E-state index contributed by atoms with van der Waals surface area (Å²) in [6.07, 6.45) is 2.25. The minimum atomic E-state index is -0.0783. The first kappa shape index (κ1) is 19.1. The Balaban J connectivity index is 1.64. The maximum atomic E-state index is 9.55. The molecule has 1 fully saturated rings. The first-order chi connectivity index (χ1) is 13.3. The summed E-state index contributed by atoms with van der Waals surface area (Å²) >= 11 is 0. The molecular weight excluding hydrogens is 348 g/mol. The molecule has 0 aliphatic carbocycles. The first-order valence-corrected chi connectivity index (χ1v) is 10.2. The number of nitrogens with one attached hydrogen (secondary N) is 1. The summed E-state index contributed by atoms with van der Waals surface area (Å²) in [5.74, 6) is 0.876. The maximum absolute atomic E-state index is 9.55. The lowest BCUT2D eigenvalue weighted by Crippen LogP contribution is -2.31. The summed E-state index contributed by atoms with van der Waals surface area (Å²) in [4.78, 5) is 15.4. The number of hydrogen-bond donors (Lipinski definition) is 2. The maximum Gasteiger partial charge on any atom is 0.134 e. The number of aromatic nitrogens is 3. The number of nitrogens with zero attached hydrogens (tertiary/aromatic N) is 3. The third-order valence-electron chi connectivity index (χ3n) is 5.58. The van der Waals surface area contributed by atoms with Crippen LogP contribution in [0.15, 0.2) is 30.3 Å². The van der Waals surface area contributed by atoms with Crippen LogP contribution in [0.2, 0.25) is 0 Å². The second-order valence-electron chi connectivity index (χ2n) is 9.01. The Bertz CT molecular complexity index is 986.